The number of anilines is 1. The van der Waals surface area contributed by atoms with E-state index in [1.54, 1.807) is 24.5 Å². The largest absolute Gasteiger partial charge is 0.480 e. The van der Waals surface area contributed by atoms with Crippen LogP contribution >= 0.6 is 27.3 Å². The number of methoxy groups -OCH3 is 1. The van der Waals surface area contributed by atoms with E-state index in [1.165, 1.54) is 0 Å². The van der Waals surface area contributed by atoms with Crippen molar-refractivity contribution in [1.29, 1.82) is 5.26 Å². The fourth-order valence-electron chi connectivity index (χ4n) is 2.08. The molecule has 1 aromatic carbocycles. The van der Waals surface area contributed by atoms with E-state index in [1.807, 2.05) is 28.1 Å². The van der Waals surface area contributed by atoms with Crippen LogP contribution in [0.1, 0.15) is 11.3 Å². The van der Waals surface area contributed by atoms with E-state index in [4.69, 9.17) is 4.74 Å². The Balaban J connectivity index is 1.90. The molecule has 0 radical (unpaired) electrons. The van der Waals surface area contributed by atoms with Gasteiger partial charge in [0.15, 0.2) is 4.96 Å². The second-order valence-electron chi connectivity index (χ2n) is 4.28. The van der Waals surface area contributed by atoms with Crippen molar-refractivity contribution in [3.05, 3.63) is 45.5 Å². The van der Waals surface area contributed by atoms with Gasteiger partial charge < -0.3 is 10.1 Å². The first-order valence-corrected chi connectivity index (χ1v) is 7.82. The summed E-state index contributed by atoms with van der Waals surface area (Å²) in [4.78, 5) is 5.30. The Hall–Kier alpha value is -2.04. The first-order chi connectivity index (χ1) is 10.2. The number of fused-ring (bicyclic) bond motifs is 1. The number of halogens is 1. The van der Waals surface area contributed by atoms with Crippen molar-refractivity contribution in [2.45, 2.75) is 6.54 Å². The van der Waals surface area contributed by atoms with Gasteiger partial charge in [0.25, 0.3) is 0 Å². The average Bonchev–Trinajstić information content (AvgIpc) is 3.06. The number of nitrogens with zero attached hydrogens (tertiary/aromatic N) is 3. The molecule has 0 unspecified atom stereocenters. The van der Waals surface area contributed by atoms with Gasteiger partial charge in [-0.05, 0) is 18.2 Å². The molecule has 106 valence electrons. The molecule has 0 amide bonds. The normalized spacial score (nSPS) is 10.5. The molecule has 0 saturated carbocycles. The second-order valence-corrected chi connectivity index (χ2v) is 6.07. The lowest BCUT2D eigenvalue weighted by Gasteiger charge is -2.09. The monoisotopic (exact) mass is 362 g/mol. The van der Waals surface area contributed by atoms with Crippen molar-refractivity contribution in [2.24, 2.45) is 0 Å². The average molecular weight is 363 g/mol. The fraction of sp³-hybridized carbons (Fsp3) is 0.143. The van der Waals surface area contributed by atoms with Gasteiger partial charge in [0.2, 0.25) is 5.88 Å². The molecule has 0 saturated heterocycles. The predicted octanol–water partition coefficient (Wildman–Crippen LogP) is 3.65. The van der Waals surface area contributed by atoms with E-state index in [9.17, 15) is 5.26 Å². The summed E-state index contributed by atoms with van der Waals surface area (Å²) < 4.78 is 8.18. The number of rotatable bonds is 4. The highest BCUT2D eigenvalue weighted by atomic mass is 79.9. The van der Waals surface area contributed by atoms with Crippen molar-refractivity contribution in [3.63, 3.8) is 0 Å². The Morgan fingerprint density at radius 2 is 2.38 bits per heavy atom. The number of benzene rings is 1. The molecule has 2 heterocycles. The minimum atomic E-state index is 0.525. The molecule has 7 heteroatoms. The summed E-state index contributed by atoms with van der Waals surface area (Å²) in [6.07, 6.45) is 1.96. The zero-order valence-corrected chi connectivity index (χ0v) is 13.5. The predicted molar refractivity (Wildman–Crippen MR) is 85.8 cm³/mol. The van der Waals surface area contributed by atoms with Crippen LogP contribution in [0, 0.1) is 11.3 Å². The van der Waals surface area contributed by atoms with Crippen molar-refractivity contribution < 1.29 is 4.74 Å². The first kappa shape index (κ1) is 13.9. The summed E-state index contributed by atoms with van der Waals surface area (Å²) in [5.74, 6) is 0.602. The summed E-state index contributed by atoms with van der Waals surface area (Å²) in [7, 11) is 1.61. The SMILES string of the molecule is COc1nc2sccn2c1CNc1ccc(Br)cc1C#N. The number of ether oxygens (including phenoxy) is 1. The van der Waals surface area contributed by atoms with E-state index in [0.29, 0.717) is 18.0 Å². The number of thiazole rings is 1. The summed E-state index contributed by atoms with van der Waals surface area (Å²) in [5, 5.41) is 14.4. The Bertz CT molecular complexity index is 833. The lowest BCUT2D eigenvalue weighted by Crippen LogP contribution is -2.05. The van der Waals surface area contributed by atoms with Crippen LogP contribution in [0.25, 0.3) is 4.96 Å². The van der Waals surface area contributed by atoms with Crippen LogP contribution in [0.5, 0.6) is 5.88 Å². The van der Waals surface area contributed by atoms with Crippen molar-refractivity contribution in [3.8, 4) is 11.9 Å². The lowest BCUT2D eigenvalue weighted by atomic mass is 10.2. The molecule has 0 fully saturated rings. The second kappa shape index (κ2) is 5.76. The van der Waals surface area contributed by atoms with Crippen LogP contribution in [0.4, 0.5) is 5.69 Å². The maximum absolute atomic E-state index is 9.19. The molecule has 0 atom stereocenters. The summed E-state index contributed by atoms with van der Waals surface area (Å²) in [6, 6.07) is 7.75. The highest BCUT2D eigenvalue weighted by Gasteiger charge is 2.14. The van der Waals surface area contributed by atoms with Crippen molar-refractivity contribution in [2.75, 3.05) is 12.4 Å². The summed E-state index contributed by atoms with van der Waals surface area (Å²) in [5.41, 5.74) is 2.31. The van der Waals surface area contributed by atoms with Crippen molar-refractivity contribution >= 4 is 37.9 Å². The topological polar surface area (TPSA) is 62.4 Å². The van der Waals surface area contributed by atoms with Gasteiger partial charge in [-0.3, -0.25) is 4.40 Å². The van der Waals surface area contributed by atoms with Gasteiger partial charge >= 0.3 is 0 Å². The molecule has 21 heavy (non-hydrogen) atoms. The van der Waals surface area contributed by atoms with E-state index in [0.717, 1.165) is 20.8 Å². The van der Waals surface area contributed by atoms with Crippen LogP contribution in [0.15, 0.2) is 34.2 Å². The molecule has 0 aliphatic heterocycles. The molecule has 0 aliphatic carbocycles. The standard InChI is InChI=1S/C14H11BrN4OS/c1-20-13-12(19-4-5-21-14(19)18-13)8-17-11-3-2-10(15)6-9(11)7-16/h2-6,17H,8H2,1H3. The Morgan fingerprint density at radius 3 is 3.14 bits per heavy atom. The third kappa shape index (κ3) is 2.60. The van der Waals surface area contributed by atoms with Crippen LogP contribution in [0.3, 0.4) is 0 Å². The summed E-state index contributed by atoms with van der Waals surface area (Å²) >= 11 is 4.92. The molecule has 2 aromatic heterocycles. The maximum Gasteiger partial charge on any atom is 0.238 e. The highest BCUT2D eigenvalue weighted by molar-refractivity contribution is 9.10. The molecule has 1 N–H and O–H groups in total. The summed E-state index contributed by atoms with van der Waals surface area (Å²) in [6.45, 7) is 0.525. The van der Waals surface area contributed by atoms with E-state index >= 15 is 0 Å². The third-order valence-corrected chi connectivity index (χ3v) is 4.32. The van der Waals surface area contributed by atoms with Crippen LogP contribution in [-0.2, 0) is 6.54 Å². The molecule has 0 aliphatic rings. The third-order valence-electron chi connectivity index (χ3n) is 3.07. The fourth-order valence-corrected chi connectivity index (χ4v) is 3.16. The van der Waals surface area contributed by atoms with Crippen molar-refractivity contribution in [1.82, 2.24) is 9.38 Å². The lowest BCUT2D eigenvalue weighted by molar-refractivity contribution is 0.395. The number of imidazole rings is 1. The minimum Gasteiger partial charge on any atom is -0.480 e. The first-order valence-electron chi connectivity index (χ1n) is 6.15. The van der Waals surface area contributed by atoms with Gasteiger partial charge in [-0.2, -0.15) is 10.2 Å². The van der Waals surface area contributed by atoms with E-state index in [2.05, 4.69) is 32.3 Å². The number of nitriles is 1. The number of hydrogen-bond acceptors (Lipinski definition) is 5. The molecule has 0 bridgehead atoms. The number of nitrogens with one attached hydrogen (secondary N) is 1. The molecular formula is C14H11BrN4OS. The van der Waals surface area contributed by atoms with E-state index in [-0.39, 0.29) is 0 Å². The Labute approximate surface area is 133 Å². The number of aromatic nitrogens is 2. The van der Waals surface area contributed by atoms with E-state index < -0.39 is 0 Å². The van der Waals surface area contributed by atoms with Gasteiger partial charge in [-0.25, -0.2) is 0 Å². The van der Waals surface area contributed by atoms with Crippen LogP contribution < -0.4 is 10.1 Å². The minimum absolute atomic E-state index is 0.525. The van der Waals surface area contributed by atoms with Gasteiger partial charge in [0.05, 0.1) is 24.9 Å². The molecular weight excluding hydrogens is 352 g/mol. The molecule has 3 rings (SSSR count). The Morgan fingerprint density at radius 1 is 1.52 bits per heavy atom. The zero-order valence-electron chi connectivity index (χ0n) is 11.1. The van der Waals surface area contributed by atoms with Gasteiger partial charge in [0.1, 0.15) is 11.8 Å². The van der Waals surface area contributed by atoms with Crippen LogP contribution in [0.2, 0.25) is 0 Å². The van der Waals surface area contributed by atoms with Gasteiger partial charge in [-0.1, -0.05) is 15.9 Å². The molecule has 3 aromatic rings. The maximum atomic E-state index is 9.19. The molecule has 0 spiro atoms. The molecule has 5 nitrogen and oxygen atoms in total. The zero-order chi connectivity index (χ0) is 14.8. The smallest absolute Gasteiger partial charge is 0.238 e. The number of hydrogen-bond donors (Lipinski definition) is 1. The van der Waals surface area contributed by atoms with Gasteiger partial charge in [-0.15, -0.1) is 11.3 Å². The van der Waals surface area contributed by atoms with Gasteiger partial charge in [0, 0.05) is 16.0 Å². The quantitative estimate of drug-likeness (QED) is 0.769. The highest BCUT2D eigenvalue weighted by Crippen LogP contribution is 2.25. The van der Waals surface area contributed by atoms with Crippen LogP contribution in [-0.4, -0.2) is 16.5 Å². The Kier molecular flexibility index (Phi) is 3.82.